The van der Waals surface area contributed by atoms with Gasteiger partial charge in [-0.1, -0.05) is 78.9 Å². The van der Waals surface area contributed by atoms with Gasteiger partial charge in [0.1, 0.15) is 0 Å². The van der Waals surface area contributed by atoms with E-state index in [-0.39, 0.29) is 0 Å². The Morgan fingerprint density at radius 2 is 1.38 bits per heavy atom. The van der Waals surface area contributed by atoms with Crippen LogP contribution in [-0.2, 0) is 0 Å². The van der Waals surface area contributed by atoms with Gasteiger partial charge in [0.25, 0.3) is 0 Å². The Hall–Kier alpha value is -1.69. The maximum absolute atomic E-state index is 2.70. The van der Waals surface area contributed by atoms with Crippen molar-refractivity contribution >= 4 is 18.5 Å². The summed E-state index contributed by atoms with van der Waals surface area (Å²) in [5, 5.41) is 2.94. The first-order valence-corrected chi connectivity index (χ1v) is 11.2. The second-order valence-electron chi connectivity index (χ2n) is 7.56. The van der Waals surface area contributed by atoms with Gasteiger partial charge in [-0.15, -0.1) is 0 Å². The standard InChI is InChI=1S/C24H28NP/c1-19-16-17-20(2)25(19)18-21-10-9-15-24(21)26(22-11-5-3-6-12-22)23-13-7-4-8-14-23/h3-15,19-20,24H,16-18H2,1-2H3/t19-,20-,24?/m1/s1. The van der Waals surface area contributed by atoms with E-state index in [9.17, 15) is 0 Å². The highest BCUT2D eigenvalue weighted by molar-refractivity contribution is 7.74. The van der Waals surface area contributed by atoms with Crippen molar-refractivity contribution in [2.45, 2.75) is 44.4 Å². The number of rotatable bonds is 5. The zero-order chi connectivity index (χ0) is 17.9. The molecule has 2 heteroatoms. The third-order valence-corrected chi connectivity index (χ3v) is 8.60. The second kappa shape index (κ2) is 7.91. The van der Waals surface area contributed by atoms with Gasteiger partial charge < -0.3 is 0 Å². The zero-order valence-corrected chi connectivity index (χ0v) is 16.6. The number of hydrogen-bond donors (Lipinski definition) is 0. The van der Waals surface area contributed by atoms with Crippen molar-refractivity contribution in [2.24, 2.45) is 0 Å². The monoisotopic (exact) mass is 361 g/mol. The van der Waals surface area contributed by atoms with E-state index in [0.717, 1.165) is 6.54 Å². The molecule has 2 aliphatic rings. The number of benzene rings is 2. The van der Waals surface area contributed by atoms with Gasteiger partial charge in [0.2, 0.25) is 0 Å². The maximum Gasteiger partial charge on any atom is 0.0279 e. The largest absolute Gasteiger partial charge is 0.294 e. The maximum atomic E-state index is 2.70. The minimum atomic E-state index is -0.422. The summed E-state index contributed by atoms with van der Waals surface area (Å²) in [6.07, 6.45) is 9.76. The number of likely N-dealkylation sites (tertiary alicyclic amines) is 1. The van der Waals surface area contributed by atoms with Gasteiger partial charge in [-0.05, 0) is 50.8 Å². The molecule has 0 saturated carbocycles. The lowest BCUT2D eigenvalue weighted by molar-refractivity contribution is 0.233. The lowest BCUT2D eigenvalue weighted by Crippen LogP contribution is -2.36. The third kappa shape index (κ3) is 3.56. The van der Waals surface area contributed by atoms with Crippen molar-refractivity contribution in [1.82, 2.24) is 4.90 Å². The van der Waals surface area contributed by atoms with E-state index in [1.54, 1.807) is 5.57 Å². The van der Waals surface area contributed by atoms with Crippen LogP contribution >= 0.6 is 7.92 Å². The van der Waals surface area contributed by atoms with E-state index in [1.807, 2.05) is 0 Å². The average molecular weight is 361 g/mol. The van der Waals surface area contributed by atoms with Crippen molar-refractivity contribution in [3.8, 4) is 0 Å². The summed E-state index contributed by atoms with van der Waals surface area (Å²) in [7, 11) is -0.422. The fourth-order valence-corrected chi connectivity index (χ4v) is 7.02. The molecular weight excluding hydrogens is 333 g/mol. The molecule has 0 N–H and O–H groups in total. The molecule has 2 aromatic carbocycles. The first-order chi connectivity index (χ1) is 12.7. The van der Waals surface area contributed by atoms with Crippen LogP contribution in [0, 0.1) is 0 Å². The summed E-state index contributed by atoms with van der Waals surface area (Å²) in [6.45, 7) is 5.88. The van der Waals surface area contributed by atoms with E-state index in [2.05, 4.69) is 97.6 Å². The average Bonchev–Trinajstić information content (AvgIpc) is 3.26. The molecule has 1 aliphatic carbocycles. The summed E-state index contributed by atoms with van der Waals surface area (Å²) < 4.78 is 0. The van der Waals surface area contributed by atoms with Crippen molar-refractivity contribution in [2.75, 3.05) is 6.54 Å². The van der Waals surface area contributed by atoms with Gasteiger partial charge >= 0.3 is 0 Å². The molecule has 4 rings (SSSR count). The van der Waals surface area contributed by atoms with Crippen molar-refractivity contribution in [3.63, 3.8) is 0 Å². The van der Waals surface area contributed by atoms with Crippen LogP contribution in [0.1, 0.15) is 26.7 Å². The van der Waals surface area contributed by atoms with Crippen LogP contribution in [0.2, 0.25) is 0 Å². The molecular formula is C24H28NP. The Bertz CT molecular complexity index is 731. The molecule has 26 heavy (non-hydrogen) atoms. The van der Waals surface area contributed by atoms with Gasteiger partial charge in [-0.3, -0.25) is 4.90 Å². The molecule has 0 amide bonds. The molecule has 1 nitrogen and oxygen atoms in total. The second-order valence-corrected chi connectivity index (χ2v) is 9.89. The lowest BCUT2D eigenvalue weighted by Gasteiger charge is -2.32. The molecule has 0 aromatic heterocycles. The Balaban J connectivity index is 1.65. The molecule has 1 fully saturated rings. The van der Waals surface area contributed by atoms with Crippen LogP contribution in [0.5, 0.6) is 0 Å². The Morgan fingerprint density at radius 3 is 1.92 bits per heavy atom. The van der Waals surface area contributed by atoms with Crippen LogP contribution in [0.4, 0.5) is 0 Å². The van der Waals surface area contributed by atoms with Gasteiger partial charge in [-0.2, -0.15) is 0 Å². The fraction of sp³-hybridized carbons (Fsp3) is 0.333. The summed E-state index contributed by atoms with van der Waals surface area (Å²) in [5.41, 5.74) is 2.10. The van der Waals surface area contributed by atoms with Crippen LogP contribution in [-0.4, -0.2) is 29.2 Å². The summed E-state index contributed by atoms with van der Waals surface area (Å²) in [6, 6.07) is 23.6. The highest BCUT2D eigenvalue weighted by Crippen LogP contribution is 2.46. The van der Waals surface area contributed by atoms with E-state index in [1.165, 1.54) is 23.5 Å². The van der Waals surface area contributed by atoms with E-state index >= 15 is 0 Å². The van der Waals surface area contributed by atoms with Gasteiger partial charge in [0, 0.05) is 24.3 Å². The topological polar surface area (TPSA) is 3.24 Å². The van der Waals surface area contributed by atoms with Crippen LogP contribution in [0.15, 0.2) is 84.5 Å². The van der Waals surface area contributed by atoms with E-state index in [0.29, 0.717) is 17.7 Å². The van der Waals surface area contributed by atoms with Gasteiger partial charge in [-0.25, -0.2) is 0 Å². The highest BCUT2D eigenvalue weighted by atomic mass is 31.1. The number of hydrogen-bond acceptors (Lipinski definition) is 1. The summed E-state index contributed by atoms with van der Waals surface area (Å²) in [5.74, 6) is 0. The number of allylic oxidation sites excluding steroid dienone is 3. The molecule has 1 heterocycles. The predicted octanol–water partition coefficient (Wildman–Crippen LogP) is 4.86. The molecule has 1 saturated heterocycles. The fourth-order valence-electron chi connectivity index (χ4n) is 4.32. The van der Waals surface area contributed by atoms with E-state index < -0.39 is 7.92 Å². The number of nitrogens with zero attached hydrogens (tertiary/aromatic N) is 1. The lowest BCUT2D eigenvalue weighted by atomic mass is 10.2. The molecule has 134 valence electrons. The molecule has 1 aliphatic heterocycles. The predicted molar refractivity (Wildman–Crippen MR) is 115 cm³/mol. The third-order valence-electron chi connectivity index (χ3n) is 5.83. The SMILES string of the molecule is C[C@@H]1CC[C@@H](C)N1CC1=CC=CC1P(c1ccccc1)c1ccccc1. The van der Waals surface area contributed by atoms with Crippen molar-refractivity contribution in [3.05, 3.63) is 84.5 Å². The van der Waals surface area contributed by atoms with Gasteiger partial charge in [0.05, 0.1) is 0 Å². The molecule has 2 aromatic rings. The van der Waals surface area contributed by atoms with Crippen LogP contribution in [0.3, 0.4) is 0 Å². The first-order valence-electron chi connectivity index (χ1n) is 9.76. The normalized spacial score (nSPS) is 25.8. The smallest absolute Gasteiger partial charge is 0.0279 e. The highest BCUT2D eigenvalue weighted by Gasteiger charge is 2.32. The minimum absolute atomic E-state index is 0.422. The van der Waals surface area contributed by atoms with Crippen molar-refractivity contribution < 1.29 is 0 Å². The summed E-state index contributed by atoms with van der Waals surface area (Å²) >= 11 is 0. The quantitative estimate of drug-likeness (QED) is 0.688. The van der Waals surface area contributed by atoms with Crippen LogP contribution in [0.25, 0.3) is 0 Å². The molecule has 0 spiro atoms. The molecule has 0 bridgehead atoms. The molecule has 3 atom stereocenters. The molecule has 1 unspecified atom stereocenters. The summed E-state index contributed by atoms with van der Waals surface area (Å²) in [4.78, 5) is 2.70. The Kier molecular flexibility index (Phi) is 5.38. The Labute approximate surface area is 159 Å². The Morgan fingerprint density at radius 1 is 0.846 bits per heavy atom. The van der Waals surface area contributed by atoms with Crippen LogP contribution < -0.4 is 10.6 Å². The van der Waals surface area contributed by atoms with E-state index in [4.69, 9.17) is 0 Å². The first kappa shape index (κ1) is 17.7. The zero-order valence-electron chi connectivity index (χ0n) is 15.8. The van der Waals surface area contributed by atoms with Crippen molar-refractivity contribution in [1.29, 1.82) is 0 Å². The van der Waals surface area contributed by atoms with Gasteiger partial charge in [0.15, 0.2) is 0 Å². The molecule has 0 radical (unpaired) electrons. The minimum Gasteiger partial charge on any atom is -0.294 e.